The molecule has 92 valence electrons. The van der Waals surface area contributed by atoms with E-state index >= 15 is 0 Å². The van der Waals surface area contributed by atoms with Crippen LogP contribution >= 0.6 is 0 Å². The van der Waals surface area contributed by atoms with E-state index in [1.165, 1.54) is 0 Å². The number of hydrogen-bond donors (Lipinski definition) is 1. The van der Waals surface area contributed by atoms with Gasteiger partial charge in [0.15, 0.2) is 0 Å². The van der Waals surface area contributed by atoms with Gasteiger partial charge >= 0.3 is 0 Å². The molecule has 0 aliphatic carbocycles. The van der Waals surface area contributed by atoms with E-state index in [1.807, 2.05) is 33.8 Å². The summed E-state index contributed by atoms with van der Waals surface area (Å²) in [6.07, 6.45) is 6.48. The molecule has 0 fully saturated rings. The smallest absolute Gasteiger partial charge is 0.0901 e. The number of ether oxygens (including phenoxy) is 1. The third-order valence-corrected chi connectivity index (χ3v) is 1.99. The minimum absolute atomic E-state index is 0.00111. The highest BCUT2D eigenvalue weighted by molar-refractivity contribution is 5.64. The number of allylic oxidation sites excluding steroid dienone is 1. The third-order valence-electron chi connectivity index (χ3n) is 1.99. The molecule has 0 aromatic heterocycles. The fourth-order valence-corrected chi connectivity index (χ4v) is 1.16. The average molecular weight is 224 g/mol. The van der Waals surface area contributed by atoms with Gasteiger partial charge < -0.3 is 10.5 Å². The van der Waals surface area contributed by atoms with Crippen LogP contribution in [0, 0.1) is 0 Å². The number of nitrogens with zero attached hydrogens (tertiary/aromatic N) is 1. The lowest BCUT2D eigenvalue weighted by Gasteiger charge is -2.11. The van der Waals surface area contributed by atoms with Gasteiger partial charge in [-0.2, -0.15) is 0 Å². The van der Waals surface area contributed by atoms with Crippen molar-refractivity contribution in [2.75, 3.05) is 0 Å². The molecule has 0 aliphatic heterocycles. The summed E-state index contributed by atoms with van der Waals surface area (Å²) in [4.78, 5) is 4.30. The van der Waals surface area contributed by atoms with Gasteiger partial charge in [-0.15, -0.1) is 0 Å². The van der Waals surface area contributed by atoms with E-state index in [4.69, 9.17) is 10.5 Å². The van der Waals surface area contributed by atoms with Crippen LogP contribution in [-0.4, -0.2) is 24.5 Å². The zero-order valence-corrected chi connectivity index (χ0v) is 10.8. The quantitative estimate of drug-likeness (QED) is 0.534. The molecule has 0 amide bonds. The molecule has 0 radical (unpaired) electrons. The summed E-state index contributed by atoms with van der Waals surface area (Å²) in [7, 11) is 0. The molecule has 0 spiro atoms. The minimum Gasteiger partial charge on any atom is -0.370 e. The Bertz CT molecular complexity index is 257. The number of aliphatic imine (C=N–C) groups is 1. The van der Waals surface area contributed by atoms with Crippen molar-refractivity contribution < 1.29 is 4.74 Å². The van der Waals surface area contributed by atoms with Crippen LogP contribution in [0.5, 0.6) is 0 Å². The van der Waals surface area contributed by atoms with E-state index in [0.29, 0.717) is 0 Å². The molecule has 0 saturated heterocycles. The molecule has 0 rings (SSSR count). The second-order valence-electron chi connectivity index (χ2n) is 4.04. The maximum atomic E-state index is 5.81. The predicted molar refractivity (Wildman–Crippen MR) is 70.7 cm³/mol. The summed E-state index contributed by atoms with van der Waals surface area (Å²) < 4.78 is 5.53. The Morgan fingerprint density at radius 3 is 2.50 bits per heavy atom. The van der Waals surface area contributed by atoms with Crippen LogP contribution in [-0.2, 0) is 4.74 Å². The molecule has 2 atom stereocenters. The van der Waals surface area contributed by atoms with Crippen LogP contribution in [0.25, 0.3) is 0 Å². The van der Waals surface area contributed by atoms with Crippen LogP contribution in [0.3, 0.4) is 0 Å². The van der Waals surface area contributed by atoms with Gasteiger partial charge in [-0.05, 0) is 39.3 Å². The molecule has 0 aromatic rings. The largest absolute Gasteiger partial charge is 0.370 e. The fourth-order valence-electron chi connectivity index (χ4n) is 1.16. The fraction of sp³-hybridized carbons (Fsp3) is 0.615. The highest BCUT2D eigenvalue weighted by atomic mass is 16.5. The first-order valence-corrected chi connectivity index (χ1v) is 5.79. The first kappa shape index (κ1) is 15.1. The Morgan fingerprint density at radius 1 is 1.44 bits per heavy atom. The first-order valence-electron chi connectivity index (χ1n) is 5.79. The summed E-state index contributed by atoms with van der Waals surface area (Å²) in [5.41, 5.74) is 6.61. The van der Waals surface area contributed by atoms with E-state index in [9.17, 15) is 0 Å². The number of hydrogen-bond acceptors (Lipinski definition) is 3. The molecule has 0 saturated carbocycles. The van der Waals surface area contributed by atoms with Crippen LogP contribution in [0.2, 0.25) is 0 Å². The van der Waals surface area contributed by atoms with Crippen LogP contribution in [0.1, 0.15) is 34.1 Å². The van der Waals surface area contributed by atoms with Crippen molar-refractivity contribution in [2.45, 2.75) is 52.4 Å². The Morgan fingerprint density at radius 2 is 2.06 bits per heavy atom. The summed E-state index contributed by atoms with van der Waals surface area (Å²) in [6.45, 7) is 11.7. The monoisotopic (exact) mass is 224 g/mol. The average Bonchev–Trinajstić information content (AvgIpc) is 2.22. The van der Waals surface area contributed by atoms with Crippen molar-refractivity contribution >= 4 is 6.21 Å². The topological polar surface area (TPSA) is 47.6 Å². The molecule has 0 aromatic carbocycles. The molecule has 16 heavy (non-hydrogen) atoms. The van der Waals surface area contributed by atoms with Crippen molar-refractivity contribution in [1.82, 2.24) is 0 Å². The third kappa shape index (κ3) is 7.37. The SMILES string of the molecule is C=C/C(=C\C(N)CC)N=CC(C)OC(C)C. The van der Waals surface area contributed by atoms with E-state index in [2.05, 4.69) is 11.6 Å². The molecular weight excluding hydrogens is 200 g/mol. The molecule has 3 heteroatoms. The zero-order chi connectivity index (χ0) is 12.6. The van der Waals surface area contributed by atoms with Gasteiger partial charge in [0.25, 0.3) is 0 Å². The lowest BCUT2D eigenvalue weighted by Crippen LogP contribution is -2.16. The number of rotatable bonds is 7. The standard InChI is InChI=1S/C13H24N2O/c1-6-12(14)8-13(7-2)15-9-11(5)16-10(3)4/h7-12H,2,6,14H2,1,3-5H3/b13-8+,15-9?. The van der Waals surface area contributed by atoms with Gasteiger partial charge in [0.1, 0.15) is 0 Å². The molecule has 2 unspecified atom stereocenters. The lowest BCUT2D eigenvalue weighted by atomic mass is 10.2. The molecule has 0 heterocycles. The molecular formula is C13H24N2O. The van der Waals surface area contributed by atoms with Gasteiger partial charge in [0, 0.05) is 12.3 Å². The van der Waals surface area contributed by atoms with Crippen molar-refractivity contribution in [1.29, 1.82) is 0 Å². The minimum atomic E-state index is 0.00111. The van der Waals surface area contributed by atoms with Crippen molar-refractivity contribution in [3.8, 4) is 0 Å². The Kier molecular flexibility index (Phi) is 7.77. The molecule has 3 nitrogen and oxygen atoms in total. The maximum absolute atomic E-state index is 5.81. The summed E-state index contributed by atoms with van der Waals surface area (Å²) in [5.74, 6) is 0. The molecule has 0 bridgehead atoms. The van der Waals surface area contributed by atoms with Gasteiger partial charge in [-0.25, -0.2) is 0 Å². The molecule has 2 N–H and O–H groups in total. The van der Waals surface area contributed by atoms with E-state index in [0.717, 1.165) is 12.1 Å². The van der Waals surface area contributed by atoms with Gasteiger partial charge in [0.05, 0.1) is 17.9 Å². The Labute approximate surface area is 99.1 Å². The number of nitrogens with two attached hydrogens (primary N) is 1. The maximum Gasteiger partial charge on any atom is 0.0901 e. The Balaban J connectivity index is 4.36. The highest BCUT2D eigenvalue weighted by Crippen LogP contribution is 2.02. The van der Waals surface area contributed by atoms with E-state index in [-0.39, 0.29) is 18.2 Å². The van der Waals surface area contributed by atoms with Gasteiger partial charge in [0.2, 0.25) is 0 Å². The predicted octanol–water partition coefficient (Wildman–Crippen LogP) is 2.68. The van der Waals surface area contributed by atoms with Gasteiger partial charge in [-0.3, -0.25) is 4.99 Å². The van der Waals surface area contributed by atoms with E-state index in [1.54, 1.807) is 12.3 Å². The summed E-state index contributed by atoms with van der Waals surface area (Å²) in [6, 6.07) is 0.0338. The van der Waals surface area contributed by atoms with Crippen molar-refractivity contribution in [3.05, 3.63) is 24.4 Å². The second kappa shape index (κ2) is 8.25. The Hall–Kier alpha value is -0.930. The highest BCUT2D eigenvalue weighted by Gasteiger charge is 2.01. The van der Waals surface area contributed by atoms with Gasteiger partial charge in [-0.1, -0.05) is 13.5 Å². The zero-order valence-electron chi connectivity index (χ0n) is 10.8. The van der Waals surface area contributed by atoms with Crippen LogP contribution in [0.15, 0.2) is 29.4 Å². The second-order valence-corrected chi connectivity index (χ2v) is 4.04. The summed E-state index contributed by atoms with van der Waals surface area (Å²) >= 11 is 0. The van der Waals surface area contributed by atoms with Crippen molar-refractivity contribution in [3.63, 3.8) is 0 Å². The van der Waals surface area contributed by atoms with Crippen LogP contribution in [0.4, 0.5) is 0 Å². The van der Waals surface area contributed by atoms with Crippen LogP contribution < -0.4 is 5.73 Å². The van der Waals surface area contributed by atoms with E-state index < -0.39 is 0 Å². The molecule has 0 aliphatic rings. The summed E-state index contributed by atoms with van der Waals surface area (Å²) in [5, 5.41) is 0. The first-order chi connectivity index (χ1) is 7.49. The normalized spacial score (nSPS) is 16.8. The lowest BCUT2D eigenvalue weighted by molar-refractivity contribution is 0.0592. The van der Waals surface area contributed by atoms with Crippen molar-refractivity contribution in [2.24, 2.45) is 10.7 Å².